The number of likely N-dealkylation sites (tertiary alicyclic amines) is 1. The minimum Gasteiger partial charge on any atom is -0.339 e. The van der Waals surface area contributed by atoms with Crippen molar-refractivity contribution < 1.29 is 9.59 Å². The summed E-state index contributed by atoms with van der Waals surface area (Å²) >= 11 is 0. The van der Waals surface area contributed by atoms with E-state index in [0.717, 1.165) is 25.9 Å². The Morgan fingerprint density at radius 3 is 2.46 bits per heavy atom. The number of nitrogens with zero attached hydrogens (tertiary/aromatic N) is 3. The highest BCUT2D eigenvalue weighted by Crippen LogP contribution is 2.18. The monoisotopic (exact) mass is 348 g/mol. The van der Waals surface area contributed by atoms with Gasteiger partial charge in [0.25, 0.3) is 11.8 Å². The average molecular weight is 348 g/mol. The van der Waals surface area contributed by atoms with Gasteiger partial charge in [0.15, 0.2) is 0 Å². The second-order valence-corrected chi connectivity index (χ2v) is 6.58. The van der Waals surface area contributed by atoms with Crippen molar-refractivity contribution in [3.63, 3.8) is 0 Å². The molecule has 2 amide bonds. The summed E-state index contributed by atoms with van der Waals surface area (Å²) < 4.78 is 0. The number of benzene rings is 1. The van der Waals surface area contributed by atoms with Crippen LogP contribution in [0.3, 0.4) is 0 Å². The predicted octanol–water partition coefficient (Wildman–Crippen LogP) is 3.08. The van der Waals surface area contributed by atoms with Crippen molar-refractivity contribution in [1.29, 1.82) is 5.26 Å². The highest BCUT2D eigenvalue weighted by molar-refractivity contribution is 6.05. The number of rotatable bonds is 3. The number of amides is 2. The Balaban J connectivity index is 1.70. The van der Waals surface area contributed by atoms with Crippen molar-refractivity contribution in [1.82, 2.24) is 9.88 Å². The molecule has 2 aromatic rings. The van der Waals surface area contributed by atoms with Crippen molar-refractivity contribution in [3.8, 4) is 6.07 Å². The summed E-state index contributed by atoms with van der Waals surface area (Å²) in [6.07, 6.45) is 4.93. The number of carbonyl (C=O) groups excluding carboxylic acids is 2. The van der Waals surface area contributed by atoms with Crippen LogP contribution in [0.2, 0.25) is 0 Å². The van der Waals surface area contributed by atoms with Gasteiger partial charge in [0.05, 0.1) is 22.8 Å². The van der Waals surface area contributed by atoms with Gasteiger partial charge in [-0.1, -0.05) is 6.92 Å². The minimum atomic E-state index is -0.343. The van der Waals surface area contributed by atoms with Gasteiger partial charge in [0, 0.05) is 31.2 Å². The summed E-state index contributed by atoms with van der Waals surface area (Å²) in [4.78, 5) is 30.9. The Bertz CT molecular complexity index is 847. The molecule has 0 unspecified atom stereocenters. The zero-order chi connectivity index (χ0) is 18.5. The van der Waals surface area contributed by atoms with Crippen molar-refractivity contribution in [2.75, 3.05) is 18.4 Å². The maximum Gasteiger partial charge on any atom is 0.257 e. The van der Waals surface area contributed by atoms with E-state index in [4.69, 9.17) is 5.26 Å². The Labute approximate surface area is 152 Å². The SMILES string of the molecule is CC1CCN(C(=O)c2cncc(C(=O)Nc3ccc(C#N)cc3)c2)CC1. The molecule has 1 fully saturated rings. The number of aromatic nitrogens is 1. The van der Waals surface area contributed by atoms with Gasteiger partial charge in [-0.05, 0) is 49.1 Å². The first kappa shape index (κ1) is 17.6. The summed E-state index contributed by atoms with van der Waals surface area (Å²) in [6, 6.07) is 10.2. The first-order valence-corrected chi connectivity index (χ1v) is 8.62. The molecule has 6 nitrogen and oxygen atoms in total. The van der Waals surface area contributed by atoms with Gasteiger partial charge in [0.1, 0.15) is 0 Å². The fraction of sp³-hybridized carbons (Fsp3) is 0.300. The fourth-order valence-corrected chi connectivity index (χ4v) is 2.91. The molecule has 0 aliphatic carbocycles. The first-order chi connectivity index (χ1) is 12.6. The van der Waals surface area contributed by atoms with Gasteiger partial charge >= 0.3 is 0 Å². The Kier molecular flexibility index (Phi) is 5.28. The van der Waals surface area contributed by atoms with Crippen LogP contribution in [-0.4, -0.2) is 34.8 Å². The van der Waals surface area contributed by atoms with Crippen LogP contribution in [0, 0.1) is 17.2 Å². The summed E-state index contributed by atoms with van der Waals surface area (Å²) in [5.74, 6) is 0.211. The number of hydrogen-bond acceptors (Lipinski definition) is 4. The van der Waals surface area contributed by atoms with Gasteiger partial charge in [-0.15, -0.1) is 0 Å². The lowest BCUT2D eigenvalue weighted by atomic mass is 9.98. The number of carbonyl (C=O) groups is 2. The van der Waals surface area contributed by atoms with E-state index in [1.807, 2.05) is 11.0 Å². The molecule has 26 heavy (non-hydrogen) atoms. The van der Waals surface area contributed by atoms with E-state index in [2.05, 4.69) is 17.2 Å². The molecule has 0 saturated carbocycles. The van der Waals surface area contributed by atoms with E-state index in [9.17, 15) is 9.59 Å². The van der Waals surface area contributed by atoms with Gasteiger partial charge in [0.2, 0.25) is 0 Å². The number of anilines is 1. The highest BCUT2D eigenvalue weighted by atomic mass is 16.2. The molecule has 0 radical (unpaired) electrons. The van der Waals surface area contributed by atoms with Crippen LogP contribution in [0.25, 0.3) is 0 Å². The molecular weight excluding hydrogens is 328 g/mol. The lowest BCUT2D eigenvalue weighted by Gasteiger charge is -2.30. The fourth-order valence-electron chi connectivity index (χ4n) is 2.91. The number of piperidine rings is 1. The summed E-state index contributed by atoms with van der Waals surface area (Å²) in [7, 11) is 0. The Morgan fingerprint density at radius 1 is 1.15 bits per heavy atom. The van der Waals surface area contributed by atoms with Crippen LogP contribution in [0.15, 0.2) is 42.7 Å². The van der Waals surface area contributed by atoms with E-state index in [-0.39, 0.29) is 11.8 Å². The van der Waals surface area contributed by atoms with Crippen LogP contribution < -0.4 is 5.32 Å². The quantitative estimate of drug-likeness (QED) is 0.923. The maximum atomic E-state index is 12.6. The zero-order valence-electron chi connectivity index (χ0n) is 14.6. The molecule has 1 N–H and O–H groups in total. The summed E-state index contributed by atoms with van der Waals surface area (Å²) in [5.41, 5.74) is 1.85. The molecule has 1 aromatic heterocycles. The molecule has 132 valence electrons. The van der Waals surface area contributed by atoms with E-state index in [0.29, 0.717) is 28.3 Å². The van der Waals surface area contributed by atoms with Gasteiger partial charge in [-0.2, -0.15) is 5.26 Å². The molecule has 1 saturated heterocycles. The van der Waals surface area contributed by atoms with Gasteiger partial charge < -0.3 is 10.2 Å². The summed E-state index contributed by atoms with van der Waals surface area (Å²) in [5, 5.41) is 11.6. The predicted molar refractivity (Wildman–Crippen MR) is 97.6 cm³/mol. The maximum absolute atomic E-state index is 12.6. The molecule has 1 aromatic carbocycles. The van der Waals surface area contributed by atoms with Crippen molar-refractivity contribution >= 4 is 17.5 Å². The smallest absolute Gasteiger partial charge is 0.257 e. The number of hydrogen-bond donors (Lipinski definition) is 1. The Hall–Kier alpha value is -3.20. The van der Waals surface area contributed by atoms with Crippen LogP contribution in [0.4, 0.5) is 5.69 Å². The molecule has 1 aliphatic rings. The third kappa shape index (κ3) is 4.06. The molecule has 3 rings (SSSR count). The van der Waals surface area contributed by atoms with Crippen LogP contribution in [-0.2, 0) is 0 Å². The number of nitriles is 1. The van der Waals surface area contributed by atoms with E-state index < -0.39 is 0 Å². The Morgan fingerprint density at radius 2 is 1.81 bits per heavy atom. The molecule has 0 atom stereocenters. The standard InChI is InChI=1S/C20H20N4O2/c1-14-6-8-24(9-7-14)20(26)17-10-16(12-22-13-17)19(25)23-18-4-2-15(11-21)3-5-18/h2-5,10,12-14H,6-9H2,1H3,(H,23,25). The molecule has 2 heterocycles. The van der Waals surface area contributed by atoms with Crippen molar-refractivity contribution in [3.05, 3.63) is 59.4 Å². The topological polar surface area (TPSA) is 86.1 Å². The van der Waals surface area contributed by atoms with Crippen molar-refractivity contribution in [2.24, 2.45) is 5.92 Å². The third-order valence-electron chi connectivity index (χ3n) is 4.59. The van der Waals surface area contributed by atoms with Gasteiger partial charge in [-0.3, -0.25) is 14.6 Å². The molecule has 1 aliphatic heterocycles. The molecule has 6 heteroatoms. The molecule has 0 bridgehead atoms. The lowest BCUT2D eigenvalue weighted by molar-refractivity contribution is 0.0697. The average Bonchev–Trinajstić information content (AvgIpc) is 2.68. The zero-order valence-corrected chi connectivity index (χ0v) is 14.6. The van der Waals surface area contributed by atoms with Crippen molar-refractivity contribution in [2.45, 2.75) is 19.8 Å². The van der Waals surface area contributed by atoms with E-state index >= 15 is 0 Å². The minimum absolute atomic E-state index is 0.0857. The second-order valence-electron chi connectivity index (χ2n) is 6.58. The van der Waals surface area contributed by atoms with Crippen LogP contribution >= 0.6 is 0 Å². The normalized spacial score (nSPS) is 14.5. The highest BCUT2D eigenvalue weighted by Gasteiger charge is 2.22. The van der Waals surface area contributed by atoms with Crippen LogP contribution in [0.5, 0.6) is 0 Å². The third-order valence-corrected chi connectivity index (χ3v) is 4.59. The van der Waals surface area contributed by atoms with E-state index in [1.54, 1.807) is 30.3 Å². The largest absolute Gasteiger partial charge is 0.339 e. The lowest BCUT2D eigenvalue weighted by Crippen LogP contribution is -2.38. The second kappa shape index (κ2) is 7.79. The summed E-state index contributed by atoms with van der Waals surface area (Å²) in [6.45, 7) is 3.67. The molecule has 0 spiro atoms. The van der Waals surface area contributed by atoms with Crippen LogP contribution in [0.1, 0.15) is 46.0 Å². The van der Waals surface area contributed by atoms with Gasteiger partial charge in [-0.25, -0.2) is 0 Å². The van der Waals surface area contributed by atoms with E-state index in [1.165, 1.54) is 12.4 Å². The first-order valence-electron chi connectivity index (χ1n) is 8.62. The molecular formula is C20H20N4O2. The number of nitrogens with one attached hydrogen (secondary N) is 1. The number of pyridine rings is 1.